The molecule has 0 amide bonds. The summed E-state index contributed by atoms with van der Waals surface area (Å²) in [4.78, 5) is 23.9. The quantitative estimate of drug-likeness (QED) is 0.353. The van der Waals surface area contributed by atoms with Gasteiger partial charge in [-0.25, -0.2) is 9.59 Å². The van der Waals surface area contributed by atoms with Gasteiger partial charge in [-0.05, 0) is 64.8 Å². The lowest BCUT2D eigenvalue weighted by atomic mass is 9.98. The number of carbonyl (C=O) groups is 2. The predicted molar refractivity (Wildman–Crippen MR) is 104 cm³/mol. The maximum absolute atomic E-state index is 12.1. The molecule has 0 bridgehead atoms. The van der Waals surface area contributed by atoms with Gasteiger partial charge in [0.1, 0.15) is 11.8 Å². The standard InChI is InChI=1S/C18H34O5Si2/c1-7-18(25(5,6)23-24(2,3)4)22-17(20)14-13-16(19)21-15-11-9-8-10-12-15/h13-15,18H,7-12H2,1-6H3. The minimum Gasteiger partial charge on any atom is -0.460 e. The fourth-order valence-electron chi connectivity index (χ4n) is 3.27. The van der Waals surface area contributed by atoms with Crippen LogP contribution in [0.25, 0.3) is 0 Å². The molecule has 0 aliphatic heterocycles. The summed E-state index contributed by atoms with van der Waals surface area (Å²) in [6.07, 6.45) is 8.26. The van der Waals surface area contributed by atoms with Crippen molar-refractivity contribution in [2.75, 3.05) is 0 Å². The topological polar surface area (TPSA) is 61.8 Å². The Bertz CT molecular complexity index is 476. The zero-order valence-electron chi connectivity index (χ0n) is 16.6. The van der Waals surface area contributed by atoms with E-state index in [9.17, 15) is 9.59 Å². The van der Waals surface area contributed by atoms with Crippen molar-refractivity contribution in [2.45, 2.75) is 90.0 Å². The first-order valence-electron chi connectivity index (χ1n) is 9.33. The summed E-state index contributed by atoms with van der Waals surface area (Å²) < 4.78 is 17.2. The molecule has 0 aromatic heterocycles. The van der Waals surface area contributed by atoms with Gasteiger partial charge in [-0.15, -0.1) is 0 Å². The Morgan fingerprint density at radius 2 is 1.56 bits per heavy atom. The van der Waals surface area contributed by atoms with Crippen molar-refractivity contribution >= 4 is 28.6 Å². The fourth-order valence-corrected chi connectivity index (χ4v) is 11.5. The molecule has 1 unspecified atom stereocenters. The molecular weight excluding hydrogens is 352 g/mol. The van der Waals surface area contributed by atoms with Crippen molar-refractivity contribution in [3.63, 3.8) is 0 Å². The second-order valence-electron chi connectivity index (χ2n) is 8.18. The molecule has 0 aromatic rings. The van der Waals surface area contributed by atoms with Crippen LogP contribution in [0.4, 0.5) is 0 Å². The normalized spacial score (nSPS) is 18.2. The van der Waals surface area contributed by atoms with Gasteiger partial charge in [0.2, 0.25) is 8.32 Å². The van der Waals surface area contributed by atoms with Crippen LogP contribution in [0.5, 0.6) is 0 Å². The molecule has 1 atom stereocenters. The van der Waals surface area contributed by atoms with Gasteiger partial charge < -0.3 is 13.6 Å². The third kappa shape index (κ3) is 8.83. The van der Waals surface area contributed by atoms with Crippen LogP contribution >= 0.6 is 0 Å². The third-order valence-electron chi connectivity index (χ3n) is 4.16. The molecule has 5 nitrogen and oxygen atoms in total. The van der Waals surface area contributed by atoms with Crippen LogP contribution in [0, 0.1) is 0 Å². The largest absolute Gasteiger partial charge is 0.460 e. The average Bonchev–Trinajstić information content (AvgIpc) is 2.49. The second kappa shape index (κ2) is 9.68. The third-order valence-corrected chi connectivity index (χ3v) is 10.8. The van der Waals surface area contributed by atoms with Crippen LogP contribution in [0.1, 0.15) is 45.4 Å². The number of rotatable bonds is 8. The van der Waals surface area contributed by atoms with E-state index in [0.717, 1.165) is 25.7 Å². The first kappa shape index (κ1) is 22.1. The van der Waals surface area contributed by atoms with Crippen molar-refractivity contribution in [2.24, 2.45) is 0 Å². The molecule has 1 fully saturated rings. The second-order valence-corrected chi connectivity index (χ2v) is 17.1. The van der Waals surface area contributed by atoms with E-state index >= 15 is 0 Å². The molecule has 1 aliphatic rings. The molecule has 0 saturated heterocycles. The molecule has 0 radical (unpaired) electrons. The van der Waals surface area contributed by atoms with Crippen molar-refractivity contribution in [1.29, 1.82) is 0 Å². The van der Waals surface area contributed by atoms with Crippen LogP contribution < -0.4 is 0 Å². The van der Waals surface area contributed by atoms with E-state index in [2.05, 4.69) is 32.7 Å². The fraction of sp³-hybridized carbons (Fsp3) is 0.778. The summed E-state index contributed by atoms with van der Waals surface area (Å²) in [6, 6.07) is 0. The van der Waals surface area contributed by atoms with E-state index < -0.39 is 28.6 Å². The van der Waals surface area contributed by atoms with Crippen LogP contribution in [-0.2, 0) is 23.2 Å². The zero-order valence-corrected chi connectivity index (χ0v) is 18.6. The minimum atomic E-state index is -2.15. The van der Waals surface area contributed by atoms with Crippen molar-refractivity contribution in [1.82, 2.24) is 0 Å². The van der Waals surface area contributed by atoms with Crippen LogP contribution in [0.3, 0.4) is 0 Å². The molecule has 1 aliphatic carbocycles. The lowest BCUT2D eigenvalue weighted by molar-refractivity contribution is -0.145. The highest BCUT2D eigenvalue weighted by Crippen LogP contribution is 2.22. The summed E-state index contributed by atoms with van der Waals surface area (Å²) in [7, 11) is -3.86. The molecule has 144 valence electrons. The Labute approximate surface area is 154 Å². The molecule has 1 saturated carbocycles. The van der Waals surface area contributed by atoms with Gasteiger partial charge in [-0.1, -0.05) is 13.3 Å². The van der Waals surface area contributed by atoms with Crippen LogP contribution in [0.15, 0.2) is 12.2 Å². The Balaban J connectivity index is 2.53. The van der Waals surface area contributed by atoms with E-state index in [0.29, 0.717) is 6.42 Å². The van der Waals surface area contributed by atoms with Gasteiger partial charge in [-0.2, -0.15) is 0 Å². The number of carbonyl (C=O) groups excluding carboxylic acids is 2. The van der Waals surface area contributed by atoms with E-state index in [-0.39, 0.29) is 11.8 Å². The SMILES string of the molecule is CCC(OC(=O)C=CC(=O)OC1CCCCC1)[Si](C)(C)O[Si](C)(C)C. The summed E-state index contributed by atoms with van der Waals surface area (Å²) in [5.74, 6) is -0.973. The Morgan fingerprint density at radius 1 is 1.00 bits per heavy atom. The van der Waals surface area contributed by atoms with Gasteiger partial charge in [0, 0.05) is 12.2 Å². The highest BCUT2D eigenvalue weighted by molar-refractivity contribution is 6.84. The molecule has 0 spiro atoms. The minimum absolute atomic E-state index is 0.0122. The van der Waals surface area contributed by atoms with E-state index in [1.165, 1.54) is 18.6 Å². The predicted octanol–water partition coefficient (Wildman–Crippen LogP) is 4.34. The number of hydrogen-bond donors (Lipinski definition) is 0. The van der Waals surface area contributed by atoms with Crippen molar-refractivity contribution in [3.8, 4) is 0 Å². The highest BCUT2D eigenvalue weighted by Gasteiger charge is 2.39. The monoisotopic (exact) mass is 386 g/mol. The van der Waals surface area contributed by atoms with Crippen LogP contribution in [0.2, 0.25) is 32.7 Å². The lowest BCUT2D eigenvalue weighted by Crippen LogP contribution is -2.52. The summed E-state index contributed by atoms with van der Waals surface area (Å²) in [5, 5.41) is 0. The summed E-state index contributed by atoms with van der Waals surface area (Å²) in [6.45, 7) is 12.6. The van der Waals surface area contributed by atoms with Gasteiger partial charge in [0.25, 0.3) is 0 Å². The summed E-state index contributed by atoms with van der Waals surface area (Å²) in [5.41, 5.74) is -0.231. The van der Waals surface area contributed by atoms with Crippen molar-refractivity contribution in [3.05, 3.63) is 12.2 Å². The van der Waals surface area contributed by atoms with E-state index in [1.807, 2.05) is 6.92 Å². The molecule has 0 aromatic carbocycles. The van der Waals surface area contributed by atoms with Gasteiger partial charge in [0.05, 0.1) is 0 Å². The maximum Gasteiger partial charge on any atom is 0.331 e. The number of hydrogen-bond acceptors (Lipinski definition) is 5. The van der Waals surface area contributed by atoms with E-state index in [4.69, 9.17) is 13.6 Å². The highest BCUT2D eigenvalue weighted by atomic mass is 28.4. The molecule has 1 rings (SSSR count). The Hall–Kier alpha value is -0.926. The Morgan fingerprint density at radius 3 is 2.08 bits per heavy atom. The molecular formula is C18H34O5Si2. The van der Waals surface area contributed by atoms with E-state index in [1.54, 1.807) is 0 Å². The molecule has 0 N–H and O–H groups in total. The summed E-state index contributed by atoms with van der Waals surface area (Å²) >= 11 is 0. The Kier molecular flexibility index (Phi) is 8.57. The average molecular weight is 387 g/mol. The zero-order chi connectivity index (χ0) is 19.1. The lowest BCUT2D eigenvalue weighted by Gasteiger charge is -2.36. The smallest absolute Gasteiger partial charge is 0.331 e. The first-order chi connectivity index (χ1) is 11.5. The molecule has 0 heterocycles. The van der Waals surface area contributed by atoms with Crippen LogP contribution in [-0.4, -0.2) is 40.4 Å². The van der Waals surface area contributed by atoms with Gasteiger partial charge >= 0.3 is 11.9 Å². The van der Waals surface area contributed by atoms with Gasteiger partial charge in [0.15, 0.2) is 8.32 Å². The van der Waals surface area contributed by atoms with Crippen molar-refractivity contribution < 1.29 is 23.2 Å². The maximum atomic E-state index is 12.1. The number of ether oxygens (including phenoxy) is 2. The molecule has 25 heavy (non-hydrogen) atoms. The van der Waals surface area contributed by atoms with Gasteiger partial charge in [-0.3, -0.25) is 0 Å². The first-order valence-corrected chi connectivity index (χ1v) is 15.7. The number of esters is 2. The molecule has 7 heteroatoms.